The largest absolute Gasteiger partial charge is 0.521 e. The molecule has 0 saturated heterocycles. The van der Waals surface area contributed by atoms with Crippen molar-refractivity contribution in [3.63, 3.8) is 0 Å². The van der Waals surface area contributed by atoms with Crippen molar-refractivity contribution < 1.29 is 43.5 Å². The minimum absolute atomic E-state index is 0. The van der Waals surface area contributed by atoms with E-state index in [2.05, 4.69) is 6.58 Å². The van der Waals surface area contributed by atoms with Gasteiger partial charge in [0.1, 0.15) is 0 Å². The van der Waals surface area contributed by atoms with Crippen molar-refractivity contribution >= 4 is 0 Å². The van der Waals surface area contributed by atoms with Gasteiger partial charge in [-0.1, -0.05) is 0 Å². The van der Waals surface area contributed by atoms with Gasteiger partial charge < -0.3 is 6.58 Å². The second-order valence-electron chi connectivity index (χ2n) is 0. The Hall–Kier alpha value is 1.12. The molecule has 0 N–H and O–H groups in total. The van der Waals surface area contributed by atoms with E-state index in [1.807, 2.05) is 0 Å². The Kier molecular flexibility index (Phi) is 71.6. The van der Waals surface area contributed by atoms with Gasteiger partial charge >= 0.3 is 0 Å². The second kappa shape index (κ2) is 32.1. The van der Waals surface area contributed by atoms with Crippen LogP contribution < -0.4 is 0 Å². The van der Waals surface area contributed by atoms with Gasteiger partial charge in [-0.05, 0) is 0 Å². The molecule has 0 aliphatic rings. The summed E-state index contributed by atoms with van der Waals surface area (Å²) in [6, 6.07) is 0. The van der Waals surface area contributed by atoms with Crippen molar-refractivity contribution in [2.45, 2.75) is 0 Å². The average molecular weight is 396 g/mol. The maximum atomic E-state index is 5.86. The third-order valence-corrected chi connectivity index (χ3v) is 0. The van der Waals surface area contributed by atoms with Crippen LogP contribution in [-0.2, 0) is 42.1 Å². The first-order chi connectivity index (χ1) is 1.41. The molecule has 2 heteroatoms. The van der Waals surface area contributed by atoms with E-state index in [4.69, 9.17) is 1.37 Å². The van der Waals surface area contributed by atoms with Crippen LogP contribution in [-0.4, -0.2) is 0 Å². The maximum absolute atomic E-state index is 5.86. The fourth-order valence-electron chi connectivity index (χ4n) is 0. The van der Waals surface area contributed by atoms with Gasteiger partial charge in [0, 0.05) is 43.5 Å². The topological polar surface area (TPSA) is 0 Å². The van der Waals surface area contributed by atoms with Gasteiger partial charge in [-0.15, -0.1) is 0 Å². The molecule has 0 rings (SSSR count). The van der Waals surface area contributed by atoms with Gasteiger partial charge in [0.15, 0.2) is 0 Å². The Morgan fingerprint density at radius 2 is 1.75 bits per heavy atom. The second-order valence-corrected chi connectivity index (χ2v) is 0. The van der Waals surface area contributed by atoms with Crippen molar-refractivity contribution in [3.8, 4) is 0 Å². The molecule has 0 spiro atoms. The zero-order valence-electron chi connectivity index (χ0n) is 2.97. The predicted molar refractivity (Wildman–Crippen MR) is 9.93 cm³/mol. The van der Waals surface area contributed by atoms with E-state index in [1.165, 1.54) is 0 Å². The molecule has 0 aromatic heterocycles. The first-order valence-electron chi connectivity index (χ1n) is 0.911. The molecule has 0 amide bonds. The van der Waals surface area contributed by atoms with Crippen LogP contribution in [0.3, 0.4) is 0 Å². The van der Waals surface area contributed by atoms with Crippen LogP contribution in [0, 0.1) is 6.58 Å². The average Bonchev–Trinajstić information content (AvgIpc) is 0.918. The Morgan fingerprint density at radius 3 is 1.75 bits per heavy atom. The molecule has 0 atom stereocenters. The summed E-state index contributed by atoms with van der Waals surface area (Å²) in [5, 5.41) is 0. The Bertz CT molecular complexity index is 15.1. The van der Waals surface area contributed by atoms with Crippen LogP contribution in [0.15, 0.2) is 6.55 Å². The van der Waals surface area contributed by atoms with Crippen molar-refractivity contribution in [1.29, 1.82) is 0 Å². The van der Waals surface area contributed by atoms with Crippen LogP contribution >= 0.6 is 0 Å². The first kappa shape index (κ1) is 8.93. The molecular weight excluding hydrogens is 392 g/mol. The van der Waals surface area contributed by atoms with E-state index in [1.54, 1.807) is 0 Å². The molecule has 0 unspecified atom stereocenters. The Morgan fingerprint density at radius 1 is 1.75 bits per heavy atom. The van der Waals surface area contributed by atoms with Gasteiger partial charge in [-0.2, -0.15) is 0 Å². The molecule has 0 aromatic carbocycles. The standard InChI is InChI=1S/C2H3.2W/c1-2;;/h1H,2H2;;/q-1;;/i2D;;. The summed E-state index contributed by atoms with van der Waals surface area (Å²) in [6.45, 7) is 5.14. The summed E-state index contributed by atoms with van der Waals surface area (Å²) in [7, 11) is 0. The van der Waals surface area contributed by atoms with E-state index in [9.17, 15) is 0 Å². The summed E-state index contributed by atoms with van der Waals surface area (Å²) >= 11 is 0. The molecule has 0 bridgehead atoms. The van der Waals surface area contributed by atoms with Crippen LogP contribution in [0.25, 0.3) is 0 Å². The third-order valence-electron chi connectivity index (χ3n) is 0. The zero-order chi connectivity index (χ0) is 2.71. The minimum atomic E-state index is 0. The molecule has 0 heterocycles. The smallest absolute Gasteiger partial charge is 0.0125 e. The molecular formula is C2H3W2-. The van der Waals surface area contributed by atoms with Gasteiger partial charge in [0.25, 0.3) is 0 Å². The number of hydrogen-bond donors (Lipinski definition) is 0. The van der Waals surface area contributed by atoms with Gasteiger partial charge in [-0.25, -0.2) is 0 Å². The molecule has 24 valence electrons. The van der Waals surface area contributed by atoms with Crippen molar-refractivity contribution in [3.05, 3.63) is 13.1 Å². The minimum Gasteiger partial charge on any atom is -0.521 e. The Labute approximate surface area is 56.6 Å². The third kappa shape index (κ3) is 11.2. The fourth-order valence-corrected chi connectivity index (χ4v) is 0. The van der Waals surface area contributed by atoms with Gasteiger partial charge in [0.2, 0.25) is 0 Å². The molecule has 0 saturated carbocycles. The van der Waals surface area contributed by atoms with Crippen LogP contribution in [0.4, 0.5) is 0 Å². The summed E-state index contributed by atoms with van der Waals surface area (Å²) < 4.78 is 5.86. The number of hydrogen-bond acceptors (Lipinski definition) is 0. The molecule has 0 aliphatic heterocycles. The Balaban J connectivity index is -0.0000000200. The molecule has 4 heavy (non-hydrogen) atoms. The monoisotopic (exact) mass is 396 g/mol. The maximum Gasteiger partial charge on any atom is 0.0125 e. The van der Waals surface area contributed by atoms with E-state index in [0.717, 1.165) is 6.55 Å². The van der Waals surface area contributed by atoms with E-state index in [0.29, 0.717) is 0 Å². The summed E-state index contributed by atoms with van der Waals surface area (Å²) in [5.41, 5.74) is 0. The normalized spacial score (nSPS) is 3.50. The summed E-state index contributed by atoms with van der Waals surface area (Å²) in [6.07, 6.45) is 0. The van der Waals surface area contributed by atoms with Crippen molar-refractivity contribution in [1.82, 2.24) is 0 Å². The van der Waals surface area contributed by atoms with E-state index < -0.39 is 0 Å². The fraction of sp³-hybridized carbons (Fsp3) is 0. The van der Waals surface area contributed by atoms with Gasteiger partial charge in [0.05, 0.1) is 0 Å². The molecule has 0 nitrogen and oxygen atoms in total. The molecule has 0 aromatic rings. The quantitative estimate of drug-likeness (QED) is 0.527. The van der Waals surface area contributed by atoms with Gasteiger partial charge in [-0.3, -0.25) is 6.55 Å². The van der Waals surface area contributed by atoms with E-state index in [-0.39, 0.29) is 42.1 Å². The van der Waals surface area contributed by atoms with Crippen molar-refractivity contribution in [2.75, 3.05) is 0 Å². The summed E-state index contributed by atoms with van der Waals surface area (Å²) in [5.74, 6) is 0. The number of rotatable bonds is 0. The zero-order valence-corrected chi connectivity index (χ0v) is 7.84. The molecule has 0 radical (unpaired) electrons. The van der Waals surface area contributed by atoms with Crippen LogP contribution in [0.2, 0.25) is 0 Å². The summed E-state index contributed by atoms with van der Waals surface area (Å²) in [4.78, 5) is 0. The van der Waals surface area contributed by atoms with Crippen molar-refractivity contribution in [2.24, 2.45) is 0 Å². The van der Waals surface area contributed by atoms with E-state index >= 15 is 0 Å². The van der Waals surface area contributed by atoms with Crippen LogP contribution in [0.5, 0.6) is 0 Å². The van der Waals surface area contributed by atoms with Crippen LogP contribution in [0.1, 0.15) is 1.37 Å². The predicted octanol–water partition coefficient (Wildman–Crippen LogP) is 0.600. The SMILES string of the molecule is [2H]C=[CH-].[W].[W]. The first-order valence-corrected chi connectivity index (χ1v) is 0.333. The molecule has 0 aliphatic carbocycles. The molecule has 0 fully saturated rings.